The van der Waals surface area contributed by atoms with E-state index >= 15 is 0 Å². The van der Waals surface area contributed by atoms with E-state index in [1.165, 1.54) is 4.90 Å². The Morgan fingerprint density at radius 1 is 0.975 bits per heavy atom. The van der Waals surface area contributed by atoms with Gasteiger partial charge in [-0.25, -0.2) is 13.6 Å². The standard InChI is InChI=1S/C28H45F2N5O5/c1-25(2,3)20(33-24(40)34-27(6)11-9-8-10-12-27)23(39)35-14-15-17(26(15,4)5)18(35)22(38)32-16(13-28(7,29)30)19(36)21(31)37/h15-18,20H,8-14H2,1-7H3,(H2,31,37)(H,32,38)(H2,33,34,40)/t15-,16?,17-,18-,20?/m0/s1. The van der Waals surface area contributed by atoms with Gasteiger partial charge >= 0.3 is 6.03 Å². The lowest BCUT2D eigenvalue weighted by Crippen LogP contribution is -2.62. The first kappa shape index (κ1) is 31.7. The summed E-state index contributed by atoms with van der Waals surface area (Å²) in [5, 5.41) is 8.15. The molecular formula is C28H45F2N5O5. The number of hydrogen-bond donors (Lipinski definition) is 4. The van der Waals surface area contributed by atoms with E-state index in [0.717, 1.165) is 32.1 Å². The smallest absolute Gasteiger partial charge is 0.315 e. The van der Waals surface area contributed by atoms with Crippen LogP contribution in [0.3, 0.4) is 0 Å². The predicted octanol–water partition coefficient (Wildman–Crippen LogP) is 2.49. The number of halogens is 2. The molecule has 0 bridgehead atoms. The van der Waals surface area contributed by atoms with Crippen molar-refractivity contribution < 1.29 is 32.8 Å². The van der Waals surface area contributed by atoms with Gasteiger partial charge in [0, 0.05) is 18.5 Å². The van der Waals surface area contributed by atoms with Crippen LogP contribution in [0.4, 0.5) is 13.6 Å². The summed E-state index contributed by atoms with van der Waals surface area (Å²) in [6.07, 6.45) is 3.69. The number of Topliss-reactive ketones (excluding diaryl/α,β-unsaturated/α-hetero) is 1. The van der Waals surface area contributed by atoms with Crippen LogP contribution < -0.4 is 21.7 Å². The van der Waals surface area contributed by atoms with Crippen molar-refractivity contribution in [3.8, 4) is 0 Å². The van der Waals surface area contributed by atoms with Crippen LogP contribution in [0.15, 0.2) is 0 Å². The van der Waals surface area contributed by atoms with Gasteiger partial charge in [-0.05, 0) is 49.4 Å². The SMILES string of the molecule is CC(F)(F)CC(NC(=O)[C@@H]1[C@@H]2[C@H](CN1C(=O)C(NC(=O)NC1(C)CCCCC1)C(C)(C)C)C2(C)C)C(=O)C(N)=O. The average Bonchev–Trinajstić information content (AvgIpc) is 3.13. The van der Waals surface area contributed by atoms with Crippen LogP contribution in [0, 0.1) is 22.7 Å². The zero-order valence-electron chi connectivity index (χ0n) is 24.7. The van der Waals surface area contributed by atoms with Crippen LogP contribution >= 0.6 is 0 Å². The molecular weight excluding hydrogens is 524 g/mol. The summed E-state index contributed by atoms with van der Waals surface area (Å²) in [5.41, 5.74) is 3.66. The number of carbonyl (C=O) groups excluding carboxylic acids is 5. The summed E-state index contributed by atoms with van der Waals surface area (Å²) < 4.78 is 27.6. The third-order valence-corrected chi connectivity index (χ3v) is 8.96. The fraction of sp³-hybridized carbons (Fsp3) is 0.821. The number of primary amides is 1. The third kappa shape index (κ3) is 6.91. The number of nitrogens with zero attached hydrogens (tertiary/aromatic N) is 1. The zero-order chi connectivity index (χ0) is 30.4. The Balaban J connectivity index is 1.83. The van der Waals surface area contributed by atoms with E-state index in [1.807, 2.05) is 20.8 Å². The molecule has 0 aromatic heterocycles. The van der Waals surface area contributed by atoms with E-state index in [9.17, 15) is 32.8 Å². The maximum absolute atomic E-state index is 14.0. The number of fused-ring (bicyclic) bond motifs is 1. The van der Waals surface area contributed by atoms with Gasteiger partial charge in [-0.15, -0.1) is 0 Å². The molecule has 1 saturated heterocycles. The largest absolute Gasteiger partial charge is 0.363 e. The number of nitrogens with two attached hydrogens (primary N) is 1. The molecule has 2 aliphatic carbocycles. The number of nitrogens with one attached hydrogen (secondary N) is 3. The predicted molar refractivity (Wildman–Crippen MR) is 144 cm³/mol. The van der Waals surface area contributed by atoms with Crippen LogP contribution in [0.1, 0.15) is 87.0 Å². The Kier molecular flexibility index (Phi) is 8.64. The Labute approximate surface area is 234 Å². The van der Waals surface area contributed by atoms with Crippen molar-refractivity contribution in [1.82, 2.24) is 20.9 Å². The number of rotatable bonds is 9. The highest BCUT2D eigenvalue weighted by Gasteiger charge is 2.70. The van der Waals surface area contributed by atoms with Gasteiger partial charge in [-0.2, -0.15) is 0 Å². The zero-order valence-corrected chi connectivity index (χ0v) is 24.7. The van der Waals surface area contributed by atoms with Crippen molar-refractivity contribution in [3.05, 3.63) is 0 Å². The lowest BCUT2D eigenvalue weighted by atomic mass is 9.83. The number of piperidine rings is 1. The topological polar surface area (TPSA) is 151 Å². The molecule has 12 heteroatoms. The van der Waals surface area contributed by atoms with Crippen LogP contribution in [-0.2, 0) is 19.2 Å². The van der Waals surface area contributed by atoms with Crippen molar-refractivity contribution in [2.75, 3.05) is 6.54 Å². The van der Waals surface area contributed by atoms with Crippen molar-refractivity contribution in [2.24, 2.45) is 28.4 Å². The summed E-state index contributed by atoms with van der Waals surface area (Å²) >= 11 is 0. The summed E-state index contributed by atoms with van der Waals surface area (Å²) in [5.74, 6) is -7.72. The van der Waals surface area contributed by atoms with Crippen molar-refractivity contribution in [3.63, 3.8) is 0 Å². The van der Waals surface area contributed by atoms with Crippen molar-refractivity contribution in [2.45, 2.75) is 117 Å². The van der Waals surface area contributed by atoms with Crippen molar-refractivity contribution in [1.29, 1.82) is 0 Å². The molecule has 226 valence electrons. The second kappa shape index (κ2) is 10.9. The Bertz CT molecular complexity index is 1040. The second-order valence-corrected chi connectivity index (χ2v) is 14.0. The molecule has 3 rings (SSSR count). The number of ketones is 1. The highest BCUT2D eigenvalue weighted by Crippen LogP contribution is 2.65. The summed E-state index contributed by atoms with van der Waals surface area (Å²) in [4.78, 5) is 65.8. The maximum atomic E-state index is 14.0. The molecule has 3 fully saturated rings. The fourth-order valence-electron chi connectivity index (χ4n) is 6.52. The minimum Gasteiger partial charge on any atom is -0.363 e. The highest BCUT2D eigenvalue weighted by molar-refractivity contribution is 6.37. The minimum absolute atomic E-state index is 0.0271. The normalized spacial score (nSPS) is 26.6. The molecule has 0 spiro atoms. The van der Waals surface area contributed by atoms with Gasteiger partial charge in [-0.3, -0.25) is 19.2 Å². The Hall–Kier alpha value is -2.79. The van der Waals surface area contributed by atoms with Crippen LogP contribution in [0.2, 0.25) is 0 Å². The molecule has 5 N–H and O–H groups in total. The van der Waals surface area contributed by atoms with Gasteiger partial charge in [0.05, 0.1) is 0 Å². The maximum Gasteiger partial charge on any atom is 0.315 e. The first-order valence-electron chi connectivity index (χ1n) is 14.1. The molecule has 5 amide bonds. The molecule has 3 aliphatic rings. The highest BCUT2D eigenvalue weighted by atomic mass is 19.3. The van der Waals surface area contributed by atoms with E-state index in [-0.39, 0.29) is 29.3 Å². The summed E-state index contributed by atoms with van der Waals surface area (Å²) in [6, 6.07) is -4.35. The number of alkyl halides is 2. The van der Waals surface area contributed by atoms with E-state index in [1.54, 1.807) is 20.8 Å². The fourth-order valence-corrected chi connectivity index (χ4v) is 6.52. The molecule has 5 atom stereocenters. The van der Waals surface area contributed by atoms with E-state index < -0.39 is 65.4 Å². The summed E-state index contributed by atoms with van der Waals surface area (Å²) in [7, 11) is 0. The summed E-state index contributed by atoms with van der Waals surface area (Å²) in [6.45, 7) is 12.1. The Morgan fingerprint density at radius 2 is 1.55 bits per heavy atom. The molecule has 0 radical (unpaired) electrons. The van der Waals surface area contributed by atoms with Gasteiger partial charge in [0.2, 0.25) is 23.5 Å². The first-order chi connectivity index (χ1) is 18.2. The van der Waals surface area contributed by atoms with Crippen LogP contribution in [-0.4, -0.2) is 70.6 Å². The van der Waals surface area contributed by atoms with Crippen LogP contribution in [0.5, 0.6) is 0 Å². The van der Waals surface area contributed by atoms with Crippen LogP contribution in [0.25, 0.3) is 0 Å². The molecule has 1 aliphatic heterocycles. The van der Waals surface area contributed by atoms with Gasteiger partial charge in [0.1, 0.15) is 18.1 Å². The number of amides is 5. The molecule has 2 unspecified atom stereocenters. The van der Waals surface area contributed by atoms with Gasteiger partial charge in [0.15, 0.2) is 0 Å². The Morgan fingerprint density at radius 3 is 2.05 bits per heavy atom. The number of likely N-dealkylation sites (tertiary alicyclic amines) is 1. The number of carbonyl (C=O) groups is 5. The second-order valence-electron chi connectivity index (χ2n) is 14.0. The van der Waals surface area contributed by atoms with Crippen molar-refractivity contribution >= 4 is 29.5 Å². The molecule has 2 saturated carbocycles. The third-order valence-electron chi connectivity index (χ3n) is 8.96. The lowest BCUT2D eigenvalue weighted by Gasteiger charge is -2.39. The van der Waals surface area contributed by atoms with E-state index in [4.69, 9.17) is 5.73 Å². The number of urea groups is 1. The molecule has 40 heavy (non-hydrogen) atoms. The minimum atomic E-state index is -3.36. The van der Waals surface area contributed by atoms with E-state index in [0.29, 0.717) is 6.92 Å². The van der Waals surface area contributed by atoms with Gasteiger partial charge in [-0.1, -0.05) is 53.9 Å². The van der Waals surface area contributed by atoms with Gasteiger partial charge < -0.3 is 26.6 Å². The van der Waals surface area contributed by atoms with Gasteiger partial charge in [0.25, 0.3) is 5.91 Å². The quantitative estimate of drug-likeness (QED) is 0.315. The average molecular weight is 570 g/mol. The molecule has 0 aromatic carbocycles. The number of hydrogen-bond acceptors (Lipinski definition) is 5. The first-order valence-corrected chi connectivity index (χ1v) is 14.1. The molecule has 1 heterocycles. The van der Waals surface area contributed by atoms with E-state index in [2.05, 4.69) is 16.0 Å². The molecule has 0 aromatic rings. The monoisotopic (exact) mass is 569 g/mol. The molecule has 10 nitrogen and oxygen atoms in total. The lowest BCUT2D eigenvalue weighted by molar-refractivity contribution is -0.145.